The van der Waals surface area contributed by atoms with Crippen molar-refractivity contribution in [1.29, 1.82) is 0 Å². The zero-order valence-corrected chi connectivity index (χ0v) is 8.01. The first-order valence-corrected chi connectivity index (χ1v) is 4.98. The summed E-state index contributed by atoms with van der Waals surface area (Å²) in [5.41, 5.74) is 0. The van der Waals surface area contributed by atoms with E-state index < -0.39 is 5.97 Å². The van der Waals surface area contributed by atoms with E-state index in [1.807, 2.05) is 0 Å². The van der Waals surface area contributed by atoms with Crippen molar-refractivity contribution >= 4 is 21.9 Å². The van der Waals surface area contributed by atoms with Crippen LogP contribution in [0.25, 0.3) is 0 Å². The summed E-state index contributed by atoms with van der Waals surface area (Å²) in [6.45, 7) is 0. The molecule has 1 N–H and O–H groups in total. The van der Waals surface area contributed by atoms with Gasteiger partial charge in [-0.2, -0.15) is 0 Å². The van der Waals surface area contributed by atoms with Crippen molar-refractivity contribution in [1.82, 2.24) is 0 Å². The van der Waals surface area contributed by atoms with E-state index in [9.17, 15) is 4.79 Å². The molecular weight excluding hydrogens is 208 g/mol. The Morgan fingerprint density at radius 2 is 2.00 bits per heavy atom. The van der Waals surface area contributed by atoms with Gasteiger partial charge in [0.15, 0.2) is 0 Å². The van der Waals surface area contributed by atoms with E-state index in [1.165, 1.54) is 0 Å². The minimum Gasteiger partial charge on any atom is -0.481 e. The molecule has 0 aromatic carbocycles. The molecule has 11 heavy (non-hydrogen) atoms. The van der Waals surface area contributed by atoms with Gasteiger partial charge in [-0.25, -0.2) is 0 Å². The van der Waals surface area contributed by atoms with Gasteiger partial charge in [0.05, 0.1) is 5.92 Å². The lowest BCUT2D eigenvalue weighted by Gasteiger charge is -2.06. The lowest BCUT2D eigenvalue weighted by Crippen LogP contribution is -2.12. The fourth-order valence-corrected chi connectivity index (χ4v) is 2.09. The predicted octanol–water partition coefficient (Wildman–Crippen LogP) is 2.41. The van der Waals surface area contributed by atoms with Gasteiger partial charge in [0, 0.05) is 4.83 Å². The molecule has 0 aromatic rings. The maximum absolute atomic E-state index is 10.6. The van der Waals surface area contributed by atoms with Crippen LogP contribution in [0.2, 0.25) is 0 Å². The monoisotopic (exact) mass is 220 g/mol. The number of carbonyl (C=O) groups is 1. The first kappa shape index (κ1) is 9.04. The van der Waals surface area contributed by atoms with Crippen molar-refractivity contribution in [2.75, 3.05) is 0 Å². The Hall–Kier alpha value is -0.0500. The summed E-state index contributed by atoms with van der Waals surface area (Å²) in [6, 6.07) is 0. The highest BCUT2D eigenvalue weighted by atomic mass is 79.9. The average Bonchev–Trinajstić information content (AvgIpc) is 2.13. The van der Waals surface area contributed by atoms with Crippen LogP contribution in [-0.4, -0.2) is 15.9 Å². The molecular formula is C8H13BrO2. The molecule has 3 heteroatoms. The van der Waals surface area contributed by atoms with Crippen LogP contribution in [0.1, 0.15) is 32.1 Å². The van der Waals surface area contributed by atoms with Gasteiger partial charge in [-0.3, -0.25) is 4.79 Å². The number of carboxylic acid groups (broad SMARTS) is 1. The molecule has 0 bridgehead atoms. The Morgan fingerprint density at radius 3 is 2.64 bits per heavy atom. The molecule has 0 saturated heterocycles. The number of hydrogen-bond acceptors (Lipinski definition) is 1. The molecule has 2 atom stereocenters. The number of aliphatic carboxylic acids is 1. The van der Waals surface area contributed by atoms with Crippen molar-refractivity contribution < 1.29 is 9.90 Å². The summed E-state index contributed by atoms with van der Waals surface area (Å²) in [5.74, 6) is -0.704. The number of rotatable bonds is 1. The number of alkyl halides is 1. The lowest BCUT2D eigenvalue weighted by molar-refractivity contribution is -0.142. The van der Waals surface area contributed by atoms with Crippen LogP contribution in [0.5, 0.6) is 0 Å². The van der Waals surface area contributed by atoms with E-state index in [1.54, 1.807) is 0 Å². The minimum atomic E-state index is -0.619. The van der Waals surface area contributed by atoms with Crippen LogP contribution in [0.3, 0.4) is 0 Å². The number of halogens is 1. The van der Waals surface area contributed by atoms with Crippen LogP contribution < -0.4 is 0 Å². The first-order valence-electron chi connectivity index (χ1n) is 4.07. The predicted molar refractivity (Wildman–Crippen MR) is 46.9 cm³/mol. The molecule has 0 aliphatic heterocycles. The Labute approximate surface area is 75.1 Å². The molecule has 64 valence electrons. The van der Waals surface area contributed by atoms with Crippen LogP contribution >= 0.6 is 15.9 Å². The number of hydrogen-bond donors (Lipinski definition) is 1. The summed E-state index contributed by atoms with van der Waals surface area (Å²) < 4.78 is 0. The van der Waals surface area contributed by atoms with E-state index in [2.05, 4.69) is 15.9 Å². The van der Waals surface area contributed by atoms with Gasteiger partial charge in [0.2, 0.25) is 0 Å². The fourth-order valence-electron chi connectivity index (χ4n) is 1.50. The van der Waals surface area contributed by atoms with E-state index in [0.717, 1.165) is 32.1 Å². The third-order valence-corrected chi connectivity index (χ3v) is 3.16. The molecule has 0 heterocycles. The maximum Gasteiger partial charge on any atom is 0.306 e. The highest BCUT2D eigenvalue weighted by Crippen LogP contribution is 2.27. The topological polar surface area (TPSA) is 37.3 Å². The van der Waals surface area contributed by atoms with Gasteiger partial charge in [-0.1, -0.05) is 22.4 Å². The second kappa shape index (κ2) is 4.10. The van der Waals surface area contributed by atoms with Gasteiger partial charge in [0.1, 0.15) is 0 Å². The zero-order chi connectivity index (χ0) is 8.27. The summed E-state index contributed by atoms with van der Waals surface area (Å²) in [5, 5.41) is 8.73. The Balaban J connectivity index is 2.40. The van der Waals surface area contributed by atoms with Gasteiger partial charge in [-0.05, 0) is 25.7 Å². The molecule has 0 radical (unpaired) electrons. The highest BCUT2D eigenvalue weighted by Gasteiger charge is 2.21. The second-order valence-corrected chi connectivity index (χ2v) is 4.44. The SMILES string of the molecule is O=C(O)C1CCCC(Br)CC1. The van der Waals surface area contributed by atoms with Crippen LogP contribution in [0.4, 0.5) is 0 Å². The summed E-state index contributed by atoms with van der Waals surface area (Å²) >= 11 is 3.52. The Bertz CT molecular complexity index is 147. The summed E-state index contributed by atoms with van der Waals surface area (Å²) in [6.07, 6.45) is 4.89. The molecule has 1 saturated carbocycles. The Morgan fingerprint density at radius 1 is 1.27 bits per heavy atom. The largest absolute Gasteiger partial charge is 0.481 e. The average molecular weight is 221 g/mol. The van der Waals surface area contributed by atoms with Crippen molar-refractivity contribution in [3.63, 3.8) is 0 Å². The van der Waals surface area contributed by atoms with Crippen LogP contribution in [0, 0.1) is 5.92 Å². The molecule has 0 aromatic heterocycles. The van der Waals surface area contributed by atoms with E-state index in [0.29, 0.717) is 4.83 Å². The molecule has 0 spiro atoms. The van der Waals surface area contributed by atoms with Crippen molar-refractivity contribution in [3.8, 4) is 0 Å². The number of carboxylic acids is 1. The van der Waals surface area contributed by atoms with E-state index >= 15 is 0 Å². The quantitative estimate of drug-likeness (QED) is 0.545. The minimum absolute atomic E-state index is 0.0856. The standard InChI is InChI=1S/C8H13BrO2/c9-7-3-1-2-6(4-5-7)8(10)11/h6-7H,1-5H2,(H,10,11). The third-order valence-electron chi connectivity index (χ3n) is 2.25. The van der Waals surface area contributed by atoms with Crippen molar-refractivity contribution in [2.24, 2.45) is 5.92 Å². The Kier molecular flexibility index (Phi) is 3.37. The highest BCUT2D eigenvalue weighted by molar-refractivity contribution is 9.09. The van der Waals surface area contributed by atoms with Gasteiger partial charge in [-0.15, -0.1) is 0 Å². The lowest BCUT2D eigenvalue weighted by atomic mass is 10.0. The fraction of sp³-hybridized carbons (Fsp3) is 0.875. The molecule has 1 aliphatic carbocycles. The van der Waals surface area contributed by atoms with Gasteiger partial charge in [0.25, 0.3) is 0 Å². The second-order valence-electron chi connectivity index (χ2n) is 3.14. The van der Waals surface area contributed by atoms with Gasteiger partial charge < -0.3 is 5.11 Å². The summed E-state index contributed by atoms with van der Waals surface area (Å²) in [4.78, 5) is 11.1. The normalized spacial score (nSPS) is 32.8. The van der Waals surface area contributed by atoms with Crippen molar-refractivity contribution in [2.45, 2.75) is 36.9 Å². The van der Waals surface area contributed by atoms with Crippen molar-refractivity contribution in [3.05, 3.63) is 0 Å². The maximum atomic E-state index is 10.6. The smallest absolute Gasteiger partial charge is 0.306 e. The molecule has 2 nitrogen and oxygen atoms in total. The summed E-state index contributed by atoms with van der Waals surface area (Å²) in [7, 11) is 0. The third kappa shape index (κ3) is 2.81. The molecule has 2 unspecified atom stereocenters. The molecule has 1 fully saturated rings. The molecule has 1 rings (SSSR count). The zero-order valence-electron chi connectivity index (χ0n) is 6.42. The van der Waals surface area contributed by atoms with Crippen LogP contribution in [0.15, 0.2) is 0 Å². The van der Waals surface area contributed by atoms with E-state index in [4.69, 9.17) is 5.11 Å². The first-order chi connectivity index (χ1) is 5.20. The molecule has 0 amide bonds. The molecule has 1 aliphatic rings. The van der Waals surface area contributed by atoms with E-state index in [-0.39, 0.29) is 5.92 Å². The van der Waals surface area contributed by atoms with Gasteiger partial charge >= 0.3 is 5.97 Å². The van der Waals surface area contributed by atoms with Crippen LogP contribution in [-0.2, 0) is 4.79 Å².